The van der Waals surface area contributed by atoms with E-state index in [1.54, 1.807) is 0 Å². The predicted molar refractivity (Wildman–Crippen MR) is 88.5 cm³/mol. The highest BCUT2D eigenvalue weighted by Gasteiger charge is 2.18. The van der Waals surface area contributed by atoms with Crippen molar-refractivity contribution >= 4 is 35.3 Å². The van der Waals surface area contributed by atoms with Crippen LogP contribution in [0.3, 0.4) is 0 Å². The van der Waals surface area contributed by atoms with E-state index in [4.69, 9.17) is 4.74 Å². The molecule has 2 heterocycles. The van der Waals surface area contributed by atoms with Gasteiger partial charge in [0.1, 0.15) is 0 Å². The minimum Gasteiger partial charge on any atom is -0.378 e. The minimum absolute atomic E-state index is 0. The molecule has 2 aromatic rings. The number of rotatable bonds is 4. The number of ether oxygens (including phenoxy) is 1. The third-order valence-corrected chi connectivity index (χ3v) is 3.65. The first-order chi connectivity index (χ1) is 10.3. The van der Waals surface area contributed by atoms with E-state index in [0.717, 1.165) is 24.1 Å². The van der Waals surface area contributed by atoms with Crippen LogP contribution >= 0.6 is 12.4 Å². The van der Waals surface area contributed by atoms with Crippen molar-refractivity contribution in [2.75, 3.05) is 25.1 Å². The molecule has 1 unspecified atom stereocenters. The van der Waals surface area contributed by atoms with Crippen molar-refractivity contribution in [1.29, 1.82) is 0 Å². The minimum atomic E-state index is -0.0389. The standard InChI is InChI=1S/C15H20N4O2.ClH/c1-2-19-13-6-4-3-5-12(13)17-15(19)18-14(20)9-11-10-21-8-7-16-11;/h3-6,11,16H,2,7-10H2,1H3,(H,17,18,20);1H. The van der Waals surface area contributed by atoms with Crippen molar-refractivity contribution in [2.45, 2.75) is 25.9 Å². The lowest BCUT2D eigenvalue weighted by Gasteiger charge is -2.23. The molecule has 1 aliphatic rings. The van der Waals surface area contributed by atoms with Crippen molar-refractivity contribution in [3.05, 3.63) is 24.3 Å². The van der Waals surface area contributed by atoms with E-state index in [9.17, 15) is 4.79 Å². The summed E-state index contributed by atoms with van der Waals surface area (Å²) >= 11 is 0. The van der Waals surface area contributed by atoms with Gasteiger partial charge in [0.15, 0.2) is 0 Å². The van der Waals surface area contributed by atoms with Crippen LogP contribution in [0.4, 0.5) is 5.95 Å². The zero-order chi connectivity index (χ0) is 14.7. The van der Waals surface area contributed by atoms with Gasteiger partial charge < -0.3 is 14.6 Å². The van der Waals surface area contributed by atoms with Gasteiger partial charge in [0.2, 0.25) is 11.9 Å². The number of morpholine rings is 1. The van der Waals surface area contributed by atoms with Crippen LogP contribution in [0.25, 0.3) is 11.0 Å². The van der Waals surface area contributed by atoms with Gasteiger partial charge in [0.25, 0.3) is 0 Å². The summed E-state index contributed by atoms with van der Waals surface area (Å²) in [6.07, 6.45) is 0.396. The summed E-state index contributed by atoms with van der Waals surface area (Å²) in [7, 11) is 0. The molecule has 6 nitrogen and oxygen atoms in total. The number of aromatic nitrogens is 2. The number of hydrogen-bond acceptors (Lipinski definition) is 4. The zero-order valence-corrected chi connectivity index (χ0v) is 13.4. The number of halogens is 1. The number of carbonyl (C=O) groups is 1. The fraction of sp³-hybridized carbons (Fsp3) is 0.467. The molecule has 0 bridgehead atoms. The first-order valence-electron chi connectivity index (χ1n) is 7.34. The van der Waals surface area contributed by atoms with Gasteiger partial charge in [-0.2, -0.15) is 0 Å². The molecule has 1 fully saturated rings. The molecule has 1 aliphatic heterocycles. The fourth-order valence-electron chi connectivity index (χ4n) is 2.64. The molecule has 1 aromatic carbocycles. The van der Waals surface area contributed by atoms with Crippen LogP contribution in [-0.2, 0) is 16.1 Å². The quantitative estimate of drug-likeness (QED) is 0.900. The average Bonchev–Trinajstić information content (AvgIpc) is 2.85. The second-order valence-electron chi connectivity index (χ2n) is 5.15. The van der Waals surface area contributed by atoms with E-state index < -0.39 is 0 Å². The van der Waals surface area contributed by atoms with Gasteiger partial charge in [-0.1, -0.05) is 12.1 Å². The van der Waals surface area contributed by atoms with E-state index in [-0.39, 0.29) is 24.4 Å². The Morgan fingerprint density at radius 1 is 1.50 bits per heavy atom. The topological polar surface area (TPSA) is 68.2 Å². The number of para-hydroxylation sites is 2. The normalized spacial score (nSPS) is 18.0. The van der Waals surface area contributed by atoms with Gasteiger partial charge >= 0.3 is 0 Å². The number of nitrogens with zero attached hydrogens (tertiary/aromatic N) is 2. The van der Waals surface area contributed by atoms with E-state index >= 15 is 0 Å². The van der Waals surface area contributed by atoms with Gasteiger partial charge in [-0.05, 0) is 19.1 Å². The molecule has 22 heavy (non-hydrogen) atoms. The van der Waals surface area contributed by atoms with Crippen molar-refractivity contribution in [3.63, 3.8) is 0 Å². The Morgan fingerprint density at radius 2 is 2.32 bits per heavy atom. The van der Waals surface area contributed by atoms with Gasteiger partial charge in [0, 0.05) is 25.6 Å². The van der Waals surface area contributed by atoms with E-state index in [2.05, 4.69) is 15.6 Å². The number of amides is 1. The number of anilines is 1. The molecule has 1 atom stereocenters. The Bertz CT molecular complexity index is 638. The van der Waals surface area contributed by atoms with Crippen LogP contribution in [0.15, 0.2) is 24.3 Å². The van der Waals surface area contributed by atoms with Crippen LogP contribution in [0.2, 0.25) is 0 Å². The smallest absolute Gasteiger partial charge is 0.228 e. The van der Waals surface area contributed by atoms with Gasteiger partial charge in [-0.15, -0.1) is 12.4 Å². The second kappa shape index (κ2) is 7.58. The molecule has 2 N–H and O–H groups in total. The highest BCUT2D eigenvalue weighted by Crippen LogP contribution is 2.19. The third-order valence-electron chi connectivity index (χ3n) is 3.65. The highest BCUT2D eigenvalue weighted by molar-refractivity contribution is 5.91. The fourth-order valence-corrected chi connectivity index (χ4v) is 2.64. The Morgan fingerprint density at radius 3 is 3.05 bits per heavy atom. The molecular weight excluding hydrogens is 304 g/mol. The monoisotopic (exact) mass is 324 g/mol. The van der Waals surface area contributed by atoms with Crippen LogP contribution < -0.4 is 10.6 Å². The first-order valence-corrected chi connectivity index (χ1v) is 7.34. The van der Waals surface area contributed by atoms with Crippen LogP contribution in [-0.4, -0.2) is 41.3 Å². The predicted octanol–water partition coefficient (Wildman–Crippen LogP) is 1.79. The zero-order valence-electron chi connectivity index (χ0n) is 12.5. The Balaban J connectivity index is 0.00000176. The molecule has 120 valence electrons. The molecule has 1 aromatic heterocycles. The number of nitrogens with one attached hydrogen (secondary N) is 2. The Kier molecular flexibility index (Phi) is 5.76. The average molecular weight is 325 g/mol. The highest BCUT2D eigenvalue weighted by atomic mass is 35.5. The van der Waals surface area contributed by atoms with E-state index in [1.807, 2.05) is 35.8 Å². The summed E-state index contributed by atoms with van der Waals surface area (Å²) in [4.78, 5) is 16.7. The summed E-state index contributed by atoms with van der Waals surface area (Å²) in [6.45, 7) is 4.90. The van der Waals surface area contributed by atoms with Crippen LogP contribution in [0.1, 0.15) is 13.3 Å². The summed E-state index contributed by atoms with van der Waals surface area (Å²) in [5.74, 6) is 0.573. The lowest BCUT2D eigenvalue weighted by atomic mass is 10.2. The molecule has 0 aliphatic carbocycles. The first kappa shape index (κ1) is 16.7. The molecule has 1 saturated heterocycles. The van der Waals surface area contributed by atoms with E-state index in [0.29, 0.717) is 25.6 Å². The van der Waals surface area contributed by atoms with Crippen molar-refractivity contribution in [2.24, 2.45) is 0 Å². The largest absolute Gasteiger partial charge is 0.378 e. The second-order valence-corrected chi connectivity index (χ2v) is 5.15. The van der Waals surface area contributed by atoms with Gasteiger partial charge in [-0.3, -0.25) is 10.1 Å². The number of imidazole rings is 1. The van der Waals surface area contributed by atoms with Crippen LogP contribution in [0.5, 0.6) is 0 Å². The molecule has 1 amide bonds. The summed E-state index contributed by atoms with van der Waals surface area (Å²) in [5.41, 5.74) is 1.93. The Labute approximate surface area is 135 Å². The number of fused-ring (bicyclic) bond motifs is 1. The summed E-state index contributed by atoms with van der Waals surface area (Å²) < 4.78 is 7.37. The Hall–Kier alpha value is -1.63. The van der Waals surface area contributed by atoms with Gasteiger partial charge in [0.05, 0.1) is 24.2 Å². The van der Waals surface area contributed by atoms with Crippen LogP contribution in [0, 0.1) is 0 Å². The molecule has 0 radical (unpaired) electrons. The number of hydrogen-bond donors (Lipinski definition) is 2. The number of carbonyl (C=O) groups excluding carboxylic acids is 1. The van der Waals surface area contributed by atoms with Crippen molar-refractivity contribution in [1.82, 2.24) is 14.9 Å². The van der Waals surface area contributed by atoms with E-state index in [1.165, 1.54) is 0 Å². The summed E-state index contributed by atoms with van der Waals surface area (Å²) in [6, 6.07) is 7.97. The summed E-state index contributed by atoms with van der Waals surface area (Å²) in [5, 5.41) is 6.19. The maximum atomic E-state index is 12.2. The van der Waals surface area contributed by atoms with Gasteiger partial charge in [-0.25, -0.2) is 4.98 Å². The molecule has 3 rings (SSSR count). The molecule has 7 heteroatoms. The lowest BCUT2D eigenvalue weighted by Crippen LogP contribution is -2.43. The number of benzene rings is 1. The molecule has 0 spiro atoms. The molecule has 0 saturated carbocycles. The third kappa shape index (κ3) is 3.58. The van der Waals surface area contributed by atoms with Crippen molar-refractivity contribution in [3.8, 4) is 0 Å². The maximum Gasteiger partial charge on any atom is 0.228 e. The molecular formula is C15H21ClN4O2. The lowest BCUT2D eigenvalue weighted by molar-refractivity contribution is -0.117. The SMILES string of the molecule is CCn1c(NC(=O)CC2COCCN2)nc2ccccc21.Cl. The maximum absolute atomic E-state index is 12.2. The van der Waals surface area contributed by atoms with Crippen molar-refractivity contribution < 1.29 is 9.53 Å². The number of aryl methyl sites for hydroxylation is 1.